The summed E-state index contributed by atoms with van der Waals surface area (Å²) in [6.45, 7) is 4.95. The van der Waals surface area contributed by atoms with Crippen LogP contribution >= 0.6 is 0 Å². The fraction of sp³-hybridized carbons (Fsp3) is 1.00. The van der Waals surface area contributed by atoms with Crippen LogP contribution in [0.5, 0.6) is 0 Å². The highest BCUT2D eigenvalue weighted by molar-refractivity contribution is 4.92. The predicted molar refractivity (Wildman–Crippen MR) is 68.3 cm³/mol. The van der Waals surface area contributed by atoms with E-state index in [9.17, 15) is 0 Å². The van der Waals surface area contributed by atoms with E-state index in [0.717, 1.165) is 35.8 Å². The van der Waals surface area contributed by atoms with Gasteiger partial charge in [-0.05, 0) is 68.6 Å². The summed E-state index contributed by atoms with van der Waals surface area (Å²) in [5.41, 5.74) is 0. The zero-order valence-corrected chi connectivity index (χ0v) is 10.9. The van der Waals surface area contributed by atoms with Crippen molar-refractivity contribution in [2.75, 3.05) is 0 Å². The van der Waals surface area contributed by atoms with Crippen LogP contribution in [-0.2, 0) is 0 Å². The van der Waals surface area contributed by atoms with Crippen LogP contribution in [0, 0.1) is 23.7 Å². The van der Waals surface area contributed by atoms with Gasteiger partial charge in [-0.25, -0.2) is 0 Å². The Kier molecular flexibility index (Phi) is 2.99. The number of rotatable bonds is 0. The Hall–Kier alpha value is -0.0400. The molecule has 1 nitrogen and oxygen atoms in total. The molecule has 1 heteroatoms. The van der Waals surface area contributed by atoms with E-state index >= 15 is 0 Å². The molecule has 0 amide bonds. The summed E-state index contributed by atoms with van der Waals surface area (Å²) in [6.07, 6.45) is 10.4. The van der Waals surface area contributed by atoms with Gasteiger partial charge >= 0.3 is 0 Å². The lowest BCUT2D eigenvalue weighted by Crippen LogP contribution is -2.50. The van der Waals surface area contributed by atoms with Crippen molar-refractivity contribution in [1.82, 2.24) is 5.32 Å². The molecular formula is C15H27N. The van der Waals surface area contributed by atoms with Gasteiger partial charge in [-0.1, -0.05) is 13.8 Å². The lowest BCUT2D eigenvalue weighted by Gasteiger charge is -2.45. The van der Waals surface area contributed by atoms with E-state index in [1.165, 1.54) is 38.5 Å². The molecule has 4 heterocycles. The van der Waals surface area contributed by atoms with Crippen LogP contribution in [0.1, 0.15) is 58.8 Å². The van der Waals surface area contributed by atoms with Gasteiger partial charge in [0.2, 0.25) is 0 Å². The first kappa shape index (κ1) is 11.1. The Morgan fingerprint density at radius 1 is 0.688 bits per heavy atom. The van der Waals surface area contributed by atoms with Gasteiger partial charge in [0.15, 0.2) is 0 Å². The molecule has 0 radical (unpaired) electrons. The monoisotopic (exact) mass is 221 g/mol. The SMILES string of the molecule is C[C@@H]1C[C@@H]2CC[C@H]1N[C@@H]1CC[C@H](C2)C[C@H]1C. The molecule has 1 N–H and O–H groups in total. The van der Waals surface area contributed by atoms with Crippen LogP contribution in [-0.4, -0.2) is 12.1 Å². The summed E-state index contributed by atoms with van der Waals surface area (Å²) < 4.78 is 0. The zero-order valence-electron chi connectivity index (χ0n) is 10.9. The third kappa shape index (κ3) is 2.03. The van der Waals surface area contributed by atoms with Crippen LogP contribution in [0.4, 0.5) is 0 Å². The molecule has 0 aromatic carbocycles. The maximum atomic E-state index is 4.00. The van der Waals surface area contributed by atoms with Crippen molar-refractivity contribution in [2.45, 2.75) is 70.9 Å². The van der Waals surface area contributed by atoms with Crippen molar-refractivity contribution in [2.24, 2.45) is 23.7 Å². The molecule has 6 aliphatic rings. The van der Waals surface area contributed by atoms with Gasteiger partial charge in [-0.15, -0.1) is 0 Å². The second-order valence-corrected chi connectivity index (χ2v) is 6.93. The minimum atomic E-state index is 0.832. The smallest absolute Gasteiger partial charge is 0.00956 e. The Morgan fingerprint density at radius 2 is 1.19 bits per heavy atom. The molecule has 6 fully saturated rings. The Labute approximate surface area is 100 Å². The minimum absolute atomic E-state index is 0.832. The van der Waals surface area contributed by atoms with Crippen LogP contribution in [0.3, 0.4) is 0 Å². The molecule has 6 atom stereocenters. The number of hydrogen-bond acceptors (Lipinski definition) is 1. The molecule has 0 spiro atoms. The van der Waals surface area contributed by atoms with Crippen molar-refractivity contribution in [3.8, 4) is 0 Å². The van der Waals surface area contributed by atoms with E-state index in [1.54, 1.807) is 6.42 Å². The van der Waals surface area contributed by atoms with Crippen molar-refractivity contribution >= 4 is 0 Å². The summed E-state index contributed by atoms with van der Waals surface area (Å²) >= 11 is 0. The van der Waals surface area contributed by atoms with E-state index < -0.39 is 0 Å². The van der Waals surface area contributed by atoms with Gasteiger partial charge in [0.05, 0.1) is 0 Å². The van der Waals surface area contributed by atoms with Crippen LogP contribution < -0.4 is 5.32 Å². The molecule has 92 valence electrons. The molecule has 2 saturated carbocycles. The lowest BCUT2D eigenvalue weighted by molar-refractivity contribution is 0.0993. The van der Waals surface area contributed by atoms with E-state index in [0.29, 0.717) is 0 Å². The van der Waals surface area contributed by atoms with Crippen molar-refractivity contribution in [3.63, 3.8) is 0 Å². The Balaban J connectivity index is 1.80. The van der Waals surface area contributed by atoms with Crippen molar-refractivity contribution in [1.29, 1.82) is 0 Å². The molecule has 4 aliphatic heterocycles. The highest BCUT2D eigenvalue weighted by Gasteiger charge is 2.36. The normalized spacial score (nSPS) is 52.9. The summed E-state index contributed by atoms with van der Waals surface area (Å²) in [4.78, 5) is 0. The molecule has 2 aliphatic carbocycles. The van der Waals surface area contributed by atoms with Crippen LogP contribution in [0.25, 0.3) is 0 Å². The summed E-state index contributed by atoms with van der Waals surface area (Å²) in [5.74, 6) is 3.95. The first-order valence-electron chi connectivity index (χ1n) is 7.48. The third-order valence-corrected chi connectivity index (χ3v) is 5.65. The van der Waals surface area contributed by atoms with Gasteiger partial charge in [0, 0.05) is 12.1 Å². The fourth-order valence-corrected chi connectivity index (χ4v) is 4.69. The maximum absolute atomic E-state index is 4.00. The average Bonchev–Trinajstić information content (AvgIpc) is 2.27. The molecule has 4 bridgehead atoms. The molecular weight excluding hydrogens is 194 g/mol. The van der Waals surface area contributed by atoms with Crippen LogP contribution in [0.2, 0.25) is 0 Å². The molecule has 0 aromatic heterocycles. The average molecular weight is 221 g/mol. The van der Waals surface area contributed by atoms with E-state index in [-0.39, 0.29) is 0 Å². The molecule has 0 unspecified atom stereocenters. The number of hydrogen-bond donors (Lipinski definition) is 1. The number of nitrogens with one attached hydrogen (secondary N) is 1. The van der Waals surface area contributed by atoms with Crippen molar-refractivity contribution in [3.05, 3.63) is 0 Å². The summed E-state index contributed by atoms with van der Waals surface area (Å²) in [5, 5.41) is 4.00. The zero-order chi connectivity index (χ0) is 11.1. The summed E-state index contributed by atoms with van der Waals surface area (Å²) in [6, 6.07) is 1.66. The topological polar surface area (TPSA) is 12.0 Å². The highest BCUT2D eigenvalue weighted by atomic mass is 15.0. The molecule has 6 rings (SSSR count). The second-order valence-electron chi connectivity index (χ2n) is 6.93. The van der Waals surface area contributed by atoms with E-state index in [1.807, 2.05) is 0 Å². The molecule has 4 saturated heterocycles. The van der Waals surface area contributed by atoms with Crippen molar-refractivity contribution < 1.29 is 0 Å². The molecule has 0 aromatic rings. The standard InChI is InChI=1S/C15H27N/c1-10-7-12-3-5-14(10)16-15-6-4-13(9-12)8-11(15)2/h10-16H,3-9H2,1-2H3/t10-,11-,12+,13+,14-,15-/m1/s1. The second kappa shape index (κ2) is 4.33. The third-order valence-electron chi connectivity index (χ3n) is 5.65. The van der Waals surface area contributed by atoms with Gasteiger partial charge in [-0.2, -0.15) is 0 Å². The van der Waals surface area contributed by atoms with Gasteiger partial charge in [0.1, 0.15) is 0 Å². The van der Waals surface area contributed by atoms with Gasteiger partial charge < -0.3 is 5.32 Å². The minimum Gasteiger partial charge on any atom is -0.311 e. The fourth-order valence-electron chi connectivity index (χ4n) is 4.69. The first-order chi connectivity index (χ1) is 7.72. The maximum Gasteiger partial charge on any atom is 0.00956 e. The largest absolute Gasteiger partial charge is 0.311 e. The quantitative estimate of drug-likeness (QED) is 0.659. The van der Waals surface area contributed by atoms with E-state index in [4.69, 9.17) is 0 Å². The Bertz CT molecular complexity index is 226. The molecule has 16 heavy (non-hydrogen) atoms. The van der Waals surface area contributed by atoms with Crippen LogP contribution in [0.15, 0.2) is 0 Å². The lowest BCUT2D eigenvalue weighted by atomic mass is 9.68. The predicted octanol–water partition coefficient (Wildman–Crippen LogP) is 3.59. The summed E-state index contributed by atoms with van der Waals surface area (Å²) in [7, 11) is 0. The Morgan fingerprint density at radius 3 is 1.62 bits per heavy atom. The van der Waals surface area contributed by atoms with E-state index in [2.05, 4.69) is 19.2 Å². The highest BCUT2D eigenvalue weighted by Crippen LogP contribution is 2.41. The van der Waals surface area contributed by atoms with Gasteiger partial charge in [0.25, 0.3) is 0 Å². The first-order valence-corrected chi connectivity index (χ1v) is 7.48. The van der Waals surface area contributed by atoms with Gasteiger partial charge in [-0.3, -0.25) is 0 Å².